The first-order valence-electron chi connectivity index (χ1n) is 6.47. The summed E-state index contributed by atoms with van der Waals surface area (Å²) >= 11 is 5.98. The number of halogens is 1. The third-order valence-electron chi connectivity index (χ3n) is 3.61. The minimum Gasteiger partial charge on any atom is -0.508 e. The van der Waals surface area contributed by atoms with Gasteiger partial charge in [-0.3, -0.25) is 9.69 Å². The second-order valence-electron chi connectivity index (χ2n) is 5.06. The van der Waals surface area contributed by atoms with Crippen molar-refractivity contribution in [2.24, 2.45) is 0 Å². The highest BCUT2D eigenvalue weighted by Gasteiger charge is 2.28. The van der Waals surface area contributed by atoms with Crippen molar-refractivity contribution in [3.63, 3.8) is 0 Å². The predicted octanol–water partition coefficient (Wildman–Crippen LogP) is 2.32. The van der Waals surface area contributed by atoms with E-state index in [1.165, 1.54) is 6.92 Å². The van der Waals surface area contributed by atoms with Gasteiger partial charge in [-0.25, -0.2) is 0 Å². The van der Waals surface area contributed by atoms with E-state index >= 15 is 0 Å². The molecular formula is C14H19ClN2O2. The number of hydrogen-bond acceptors (Lipinski definition) is 3. The van der Waals surface area contributed by atoms with Crippen LogP contribution in [0.1, 0.15) is 31.9 Å². The third kappa shape index (κ3) is 3.39. The van der Waals surface area contributed by atoms with Crippen LogP contribution in [0.4, 0.5) is 0 Å². The van der Waals surface area contributed by atoms with E-state index in [1.54, 1.807) is 18.2 Å². The molecule has 4 nitrogen and oxygen atoms in total. The van der Waals surface area contributed by atoms with Crippen molar-refractivity contribution in [3.05, 3.63) is 28.8 Å². The molecule has 19 heavy (non-hydrogen) atoms. The lowest BCUT2D eigenvalue weighted by Gasteiger charge is -2.25. The number of phenols is 1. The van der Waals surface area contributed by atoms with Crippen LogP contribution in [0.25, 0.3) is 0 Å². The number of nitrogens with zero attached hydrogens (tertiary/aromatic N) is 1. The molecule has 2 atom stereocenters. The number of phenolic OH excluding ortho intramolecular Hbond substituents is 1. The number of hydrogen-bond donors (Lipinski definition) is 2. The minimum atomic E-state index is 0.00473. The average molecular weight is 283 g/mol. The van der Waals surface area contributed by atoms with Crippen LogP contribution in [0.3, 0.4) is 0 Å². The summed E-state index contributed by atoms with van der Waals surface area (Å²) in [7, 11) is 0. The van der Waals surface area contributed by atoms with E-state index in [0.29, 0.717) is 5.02 Å². The summed E-state index contributed by atoms with van der Waals surface area (Å²) in [4.78, 5) is 13.3. The lowest BCUT2D eigenvalue weighted by atomic mass is 10.1. The Hall–Kier alpha value is -1.26. The molecule has 1 saturated heterocycles. The Morgan fingerprint density at radius 1 is 1.58 bits per heavy atom. The van der Waals surface area contributed by atoms with Crippen LogP contribution in [0.15, 0.2) is 18.2 Å². The highest BCUT2D eigenvalue weighted by molar-refractivity contribution is 6.30. The summed E-state index contributed by atoms with van der Waals surface area (Å²) in [5, 5.41) is 13.5. The van der Waals surface area contributed by atoms with Crippen molar-refractivity contribution >= 4 is 17.5 Å². The van der Waals surface area contributed by atoms with Crippen LogP contribution in [-0.2, 0) is 4.79 Å². The van der Waals surface area contributed by atoms with Gasteiger partial charge < -0.3 is 10.4 Å². The Labute approximate surface area is 118 Å². The van der Waals surface area contributed by atoms with Gasteiger partial charge in [0.1, 0.15) is 5.75 Å². The molecule has 1 aliphatic heterocycles. The zero-order chi connectivity index (χ0) is 14.0. The predicted molar refractivity (Wildman–Crippen MR) is 75.3 cm³/mol. The number of aromatic hydroxyl groups is 1. The lowest BCUT2D eigenvalue weighted by Crippen LogP contribution is -2.36. The zero-order valence-electron chi connectivity index (χ0n) is 11.2. The summed E-state index contributed by atoms with van der Waals surface area (Å²) in [5.41, 5.74) is 0.830. The Morgan fingerprint density at radius 2 is 2.32 bits per heavy atom. The average Bonchev–Trinajstić information content (AvgIpc) is 2.79. The van der Waals surface area contributed by atoms with Gasteiger partial charge in [0, 0.05) is 42.7 Å². The van der Waals surface area contributed by atoms with Gasteiger partial charge in [-0.1, -0.05) is 11.6 Å². The highest BCUT2D eigenvalue weighted by atomic mass is 35.5. The van der Waals surface area contributed by atoms with Gasteiger partial charge in [-0.15, -0.1) is 0 Å². The lowest BCUT2D eigenvalue weighted by molar-refractivity contribution is -0.119. The standard InChI is InChI=1S/C14H19ClN2O2/c1-9(13-7-11(15)3-4-14(13)19)17-6-5-12(8-17)16-10(2)18/h3-4,7,9,12,19H,5-6,8H2,1-2H3,(H,16,18). The molecule has 0 saturated carbocycles. The molecule has 0 radical (unpaired) electrons. The van der Waals surface area contributed by atoms with Crippen molar-refractivity contribution in [1.82, 2.24) is 10.2 Å². The summed E-state index contributed by atoms with van der Waals surface area (Å²) in [6.45, 7) is 5.28. The van der Waals surface area contributed by atoms with Crippen LogP contribution in [0.5, 0.6) is 5.75 Å². The second-order valence-corrected chi connectivity index (χ2v) is 5.50. The second kappa shape index (κ2) is 5.80. The maximum Gasteiger partial charge on any atom is 0.217 e. The first-order chi connectivity index (χ1) is 8.97. The van der Waals surface area contributed by atoms with Crippen molar-refractivity contribution in [3.8, 4) is 5.75 Å². The molecule has 1 amide bonds. The summed E-state index contributed by atoms with van der Waals surface area (Å²) in [5.74, 6) is 0.269. The molecule has 5 heteroatoms. The van der Waals surface area contributed by atoms with Crippen LogP contribution >= 0.6 is 11.6 Å². The smallest absolute Gasteiger partial charge is 0.217 e. The Morgan fingerprint density at radius 3 is 3.00 bits per heavy atom. The van der Waals surface area contributed by atoms with Crippen LogP contribution < -0.4 is 5.32 Å². The van der Waals surface area contributed by atoms with Gasteiger partial charge in [-0.2, -0.15) is 0 Å². The molecule has 2 N–H and O–H groups in total. The maximum absolute atomic E-state index is 11.1. The first kappa shape index (κ1) is 14.2. The molecule has 2 rings (SSSR count). The van der Waals surface area contributed by atoms with Crippen molar-refractivity contribution in [1.29, 1.82) is 0 Å². The van der Waals surface area contributed by atoms with Gasteiger partial charge in [0.15, 0.2) is 0 Å². The third-order valence-corrected chi connectivity index (χ3v) is 3.85. The highest BCUT2D eigenvalue weighted by Crippen LogP contribution is 2.32. The van der Waals surface area contributed by atoms with Crippen LogP contribution in [0, 0.1) is 0 Å². The van der Waals surface area contributed by atoms with Gasteiger partial charge >= 0.3 is 0 Å². The molecule has 1 aromatic rings. The molecule has 1 aliphatic rings. The number of likely N-dealkylation sites (tertiary alicyclic amines) is 1. The fourth-order valence-corrected chi connectivity index (χ4v) is 2.78. The normalized spacial score (nSPS) is 21.3. The van der Waals surface area contributed by atoms with Crippen LogP contribution in [-0.4, -0.2) is 35.0 Å². The van der Waals surface area contributed by atoms with Crippen molar-refractivity contribution in [2.45, 2.75) is 32.4 Å². The molecule has 0 aliphatic carbocycles. The quantitative estimate of drug-likeness (QED) is 0.895. The van der Waals surface area contributed by atoms with E-state index in [4.69, 9.17) is 11.6 Å². The molecular weight excluding hydrogens is 264 g/mol. The van der Waals surface area contributed by atoms with E-state index in [2.05, 4.69) is 10.2 Å². The largest absolute Gasteiger partial charge is 0.508 e. The number of carbonyl (C=O) groups is 1. The number of nitrogens with one attached hydrogen (secondary N) is 1. The van der Waals surface area contributed by atoms with E-state index in [9.17, 15) is 9.90 Å². The van der Waals surface area contributed by atoms with E-state index < -0.39 is 0 Å². The summed E-state index contributed by atoms with van der Waals surface area (Å²) in [6.07, 6.45) is 0.936. The molecule has 0 spiro atoms. The zero-order valence-corrected chi connectivity index (χ0v) is 11.9. The molecule has 2 unspecified atom stereocenters. The van der Waals surface area contributed by atoms with E-state index in [1.807, 2.05) is 6.92 Å². The first-order valence-corrected chi connectivity index (χ1v) is 6.84. The molecule has 1 fully saturated rings. The minimum absolute atomic E-state index is 0.00473. The SMILES string of the molecule is CC(=O)NC1CCN(C(C)c2cc(Cl)ccc2O)C1. The van der Waals surface area contributed by atoms with Gasteiger partial charge in [0.2, 0.25) is 5.91 Å². The van der Waals surface area contributed by atoms with Crippen LogP contribution in [0.2, 0.25) is 5.02 Å². The summed E-state index contributed by atoms with van der Waals surface area (Å²) < 4.78 is 0. The number of rotatable bonds is 3. The van der Waals surface area contributed by atoms with Crippen molar-refractivity contribution < 1.29 is 9.90 Å². The van der Waals surface area contributed by atoms with Gasteiger partial charge in [0.25, 0.3) is 0 Å². The molecule has 1 heterocycles. The fourth-order valence-electron chi connectivity index (χ4n) is 2.60. The van der Waals surface area contributed by atoms with Gasteiger partial charge in [0.05, 0.1) is 0 Å². The number of carbonyl (C=O) groups excluding carboxylic acids is 1. The molecule has 0 bridgehead atoms. The molecule has 1 aromatic carbocycles. The molecule has 0 aromatic heterocycles. The Bertz CT molecular complexity index is 479. The fraction of sp³-hybridized carbons (Fsp3) is 0.500. The van der Waals surface area contributed by atoms with E-state index in [0.717, 1.165) is 25.1 Å². The topological polar surface area (TPSA) is 52.6 Å². The number of amides is 1. The number of benzene rings is 1. The van der Waals surface area contributed by atoms with Crippen molar-refractivity contribution in [2.75, 3.05) is 13.1 Å². The summed E-state index contributed by atoms with van der Waals surface area (Å²) in [6, 6.07) is 5.37. The maximum atomic E-state index is 11.1. The molecule has 104 valence electrons. The van der Waals surface area contributed by atoms with Gasteiger partial charge in [-0.05, 0) is 31.5 Å². The Balaban J connectivity index is 2.06. The van der Waals surface area contributed by atoms with E-state index in [-0.39, 0.29) is 23.7 Å². The Kier molecular flexibility index (Phi) is 4.32. The monoisotopic (exact) mass is 282 g/mol.